The Morgan fingerprint density at radius 1 is 1.08 bits per heavy atom. The summed E-state index contributed by atoms with van der Waals surface area (Å²) in [7, 11) is 0. The van der Waals surface area contributed by atoms with Crippen LogP contribution in [0, 0.1) is 10.1 Å². The highest BCUT2D eigenvalue weighted by Crippen LogP contribution is 2.29. The molecule has 3 aromatic carbocycles. The van der Waals surface area contributed by atoms with Gasteiger partial charge in [-0.1, -0.05) is 30.3 Å². The van der Waals surface area contributed by atoms with E-state index in [-0.39, 0.29) is 29.3 Å². The molecule has 1 heterocycles. The van der Waals surface area contributed by atoms with Gasteiger partial charge in [-0.3, -0.25) is 14.9 Å². The number of non-ortho nitro benzene ring substituents is 1. The summed E-state index contributed by atoms with van der Waals surface area (Å²) in [6, 6.07) is 19.0. The number of hydrogen-bond donors (Lipinski definition) is 1. The highest BCUT2D eigenvalue weighted by molar-refractivity contribution is 5.92. The monoisotopic (exact) mass is 515 g/mol. The Morgan fingerprint density at radius 2 is 1.84 bits per heavy atom. The number of nitrogens with one attached hydrogen (secondary N) is 1. The number of hydrazone groups is 1. The number of aromatic nitrogens is 4. The zero-order chi connectivity index (χ0) is 26.9. The van der Waals surface area contributed by atoms with Gasteiger partial charge in [0.25, 0.3) is 11.6 Å². The lowest BCUT2D eigenvalue weighted by molar-refractivity contribution is -0.384. The molecule has 0 radical (unpaired) electrons. The fourth-order valence-corrected chi connectivity index (χ4v) is 3.19. The molecule has 0 atom stereocenters. The summed E-state index contributed by atoms with van der Waals surface area (Å²) in [5, 5.41) is 26.7. The molecule has 0 saturated heterocycles. The number of hydrogen-bond acceptors (Lipinski definition) is 10. The van der Waals surface area contributed by atoms with Gasteiger partial charge in [-0.15, -0.1) is 10.2 Å². The van der Waals surface area contributed by atoms with Crippen LogP contribution < -0.4 is 14.9 Å². The van der Waals surface area contributed by atoms with Crippen molar-refractivity contribution in [2.24, 2.45) is 5.10 Å². The highest BCUT2D eigenvalue weighted by Gasteiger charge is 2.15. The van der Waals surface area contributed by atoms with E-state index in [0.717, 1.165) is 10.4 Å². The second-order valence-electron chi connectivity index (χ2n) is 7.64. The van der Waals surface area contributed by atoms with E-state index in [9.17, 15) is 19.7 Å². The number of nitro groups is 1. The summed E-state index contributed by atoms with van der Waals surface area (Å²) in [5.41, 5.74) is 3.74. The number of amides is 1. The number of ether oxygens (including phenoxy) is 2. The van der Waals surface area contributed by atoms with E-state index < -0.39 is 16.8 Å². The number of nitro benzene ring substituents is 1. The molecule has 13 heteroatoms. The van der Waals surface area contributed by atoms with Crippen molar-refractivity contribution in [1.82, 2.24) is 25.6 Å². The second kappa shape index (κ2) is 12.0. The fraction of sp³-hybridized carbons (Fsp3) is 0.120. The predicted octanol–water partition coefficient (Wildman–Crippen LogP) is 3.02. The first-order valence-corrected chi connectivity index (χ1v) is 11.3. The molecule has 0 spiro atoms. The molecule has 0 aliphatic rings. The summed E-state index contributed by atoms with van der Waals surface area (Å²) in [4.78, 5) is 36.1. The Morgan fingerprint density at radius 3 is 2.55 bits per heavy atom. The smallest absolute Gasteiger partial charge is 0.343 e. The molecule has 0 bridgehead atoms. The summed E-state index contributed by atoms with van der Waals surface area (Å²) in [6.45, 7) is 1.89. The van der Waals surface area contributed by atoms with Crippen molar-refractivity contribution in [2.45, 2.75) is 13.5 Å². The molecule has 0 saturated carbocycles. The molecule has 1 N–H and O–H groups in total. The quantitative estimate of drug-likeness (QED) is 0.110. The van der Waals surface area contributed by atoms with E-state index in [0.29, 0.717) is 18.0 Å². The molecule has 1 amide bonds. The van der Waals surface area contributed by atoms with Gasteiger partial charge in [0.2, 0.25) is 5.82 Å². The lowest BCUT2D eigenvalue weighted by Gasteiger charge is -2.11. The third-order valence-electron chi connectivity index (χ3n) is 4.96. The molecule has 0 aliphatic heterocycles. The molecule has 192 valence electrons. The van der Waals surface area contributed by atoms with E-state index in [4.69, 9.17) is 9.47 Å². The van der Waals surface area contributed by atoms with Gasteiger partial charge in [-0.25, -0.2) is 10.2 Å². The number of carbonyl (C=O) groups excluding carboxylic acids is 2. The van der Waals surface area contributed by atoms with Crippen LogP contribution in [0.5, 0.6) is 11.5 Å². The summed E-state index contributed by atoms with van der Waals surface area (Å²) < 4.78 is 11.0. The van der Waals surface area contributed by atoms with Crippen molar-refractivity contribution in [3.63, 3.8) is 0 Å². The average Bonchev–Trinajstić information content (AvgIpc) is 3.39. The molecule has 0 unspecified atom stereocenters. The standard InChI is InChI=1S/C25H21N7O6/c1-2-37-22-14-17(8-13-21(22)38-25(34)19-9-11-20(12-10-19)32(35)36)15-26-27-23(33)16-31-29-24(28-30-31)18-6-4-3-5-7-18/h3-15H,2,16H2,1H3,(H,27,33)/b26-15+. The first-order valence-electron chi connectivity index (χ1n) is 11.3. The Hall–Kier alpha value is -5.46. The van der Waals surface area contributed by atoms with Crippen molar-refractivity contribution in [3.05, 3.63) is 94.0 Å². The van der Waals surface area contributed by atoms with E-state index >= 15 is 0 Å². The Balaban J connectivity index is 1.36. The molecule has 0 aliphatic carbocycles. The van der Waals surface area contributed by atoms with Gasteiger partial charge in [0.05, 0.1) is 23.3 Å². The third-order valence-corrected chi connectivity index (χ3v) is 4.96. The van der Waals surface area contributed by atoms with Crippen LogP contribution in [0.3, 0.4) is 0 Å². The Bertz CT molecular complexity index is 1470. The second-order valence-corrected chi connectivity index (χ2v) is 7.64. The zero-order valence-corrected chi connectivity index (χ0v) is 20.1. The topological polar surface area (TPSA) is 164 Å². The summed E-state index contributed by atoms with van der Waals surface area (Å²) in [5.74, 6) is -0.329. The van der Waals surface area contributed by atoms with Gasteiger partial charge >= 0.3 is 5.97 Å². The molecule has 1 aromatic heterocycles. The maximum Gasteiger partial charge on any atom is 0.343 e. The number of esters is 1. The Kier molecular flexibility index (Phi) is 8.08. The van der Waals surface area contributed by atoms with E-state index in [1.54, 1.807) is 19.1 Å². The normalized spacial score (nSPS) is 10.8. The largest absolute Gasteiger partial charge is 0.490 e. The number of nitrogens with zero attached hydrogens (tertiary/aromatic N) is 6. The van der Waals surface area contributed by atoms with Crippen LogP contribution in [-0.4, -0.2) is 49.8 Å². The van der Waals surface area contributed by atoms with E-state index in [1.807, 2.05) is 30.3 Å². The van der Waals surface area contributed by atoms with Crippen LogP contribution >= 0.6 is 0 Å². The van der Waals surface area contributed by atoms with Gasteiger partial charge in [0.15, 0.2) is 11.5 Å². The minimum Gasteiger partial charge on any atom is -0.490 e. The van der Waals surface area contributed by atoms with Gasteiger partial charge in [0.1, 0.15) is 6.54 Å². The summed E-state index contributed by atoms with van der Waals surface area (Å²) in [6.07, 6.45) is 1.40. The lowest BCUT2D eigenvalue weighted by Crippen LogP contribution is -2.24. The first-order chi connectivity index (χ1) is 18.4. The maximum absolute atomic E-state index is 12.5. The van der Waals surface area contributed by atoms with Crippen molar-refractivity contribution < 1.29 is 24.0 Å². The molecule has 4 aromatic rings. The van der Waals surface area contributed by atoms with Crippen molar-refractivity contribution in [2.75, 3.05) is 6.61 Å². The van der Waals surface area contributed by atoms with Crippen LogP contribution in [0.4, 0.5) is 5.69 Å². The third kappa shape index (κ3) is 6.60. The van der Waals surface area contributed by atoms with Crippen LogP contribution in [-0.2, 0) is 11.3 Å². The van der Waals surface area contributed by atoms with Gasteiger partial charge < -0.3 is 9.47 Å². The average molecular weight is 515 g/mol. The molecule has 13 nitrogen and oxygen atoms in total. The van der Waals surface area contributed by atoms with Gasteiger partial charge in [-0.2, -0.15) is 9.90 Å². The van der Waals surface area contributed by atoms with E-state index in [1.165, 1.54) is 36.5 Å². The van der Waals surface area contributed by atoms with Crippen LogP contribution in [0.2, 0.25) is 0 Å². The first kappa shape index (κ1) is 25.6. The molecular formula is C25H21N7O6. The fourth-order valence-electron chi connectivity index (χ4n) is 3.19. The van der Waals surface area contributed by atoms with Gasteiger partial charge in [0, 0.05) is 17.7 Å². The minimum absolute atomic E-state index is 0.137. The number of benzene rings is 3. The number of carbonyl (C=O) groups is 2. The van der Waals surface area contributed by atoms with Crippen LogP contribution in [0.25, 0.3) is 11.4 Å². The SMILES string of the molecule is CCOc1cc(/C=N/NC(=O)Cn2nnc(-c3ccccc3)n2)ccc1OC(=O)c1ccc([N+](=O)[O-])cc1. The maximum atomic E-state index is 12.5. The highest BCUT2D eigenvalue weighted by atomic mass is 16.6. The molecule has 38 heavy (non-hydrogen) atoms. The van der Waals surface area contributed by atoms with E-state index in [2.05, 4.69) is 25.9 Å². The van der Waals surface area contributed by atoms with Crippen LogP contribution in [0.1, 0.15) is 22.8 Å². The minimum atomic E-state index is -0.702. The number of tetrazole rings is 1. The van der Waals surface area contributed by atoms with Crippen molar-refractivity contribution >= 4 is 23.8 Å². The molecular weight excluding hydrogens is 494 g/mol. The molecule has 4 rings (SSSR count). The Labute approximate surface area is 215 Å². The van der Waals surface area contributed by atoms with Crippen molar-refractivity contribution in [3.8, 4) is 22.9 Å². The summed E-state index contributed by atoms with van der Waals surface area (Å²) >= 11 is 0. The van der Waals surface area contributed by atoms with Crippen molar-refractivity contribution in [1.29, 1.82) is 0 Å². The predicted molar refractivity (Wildman–Crippen MR) is 135 cm³/mol. The number of rotatable bonds is 10. The molecule has 0 fully saturated rings. The van der Waals surface area contributed by atoms with Gasteiger partial charge in [-0.05, 0) is 48.0 Å². The lowest BCUT2D eigenvalue weighted by atomic mass is 10.2. The van der Waals surface area contributed by atoms with Crippen LogP contribution in [0.15, 0.2) is 77.9 Å². The zero-order valence-electron chi connectivity index (χ0n) is 20.1.